The largest absolute Gasteiger partial charge is 0.482 e. The number of hydrogen-bond donors (Lipinski definition) is 1. The summed E-state index contributed by atoms with van der Waals surface area (Å²) in [5.74, 6) is 0.0437. The molecule has 2 aromatic carbocycles. The highest BCUT2D eigenvalue weighted by Crippen LogP contribution is 2.23. The van der Waals surface area contributed by atoms with E-state index in [2.05, 4.69) is 12.2 Å². The molecule has 156 valence electrons. The Morgan fingerprint density at radius 3 is 2.48 bits per heavy atom. The minimum absolute atomic E-state index is 0.155. The van der Waals surface area contributed by atoms with Gasteiger partial charge in [0.1, 0.15) is 11.8 Å². The molecule has 0 heterocycles. The summed E-state index contributed by atoms with van der Waals surface area (Å²) in [6.45, 7) is 4.68. The van der Waals surface area contributed by atoms with Crippen LogP contribution < -0.4 is 10.1 Å². The first kappa shape index (κ1) is 22.8. The van der Waals surface area contributed by atoms with Crippen LogP contribution >= 0.6 is 11.6 Å². The van der Waals surface area contributed by atoms with Crippen LogP contribution in [0.25, 0.3) is 0 Å². The van der Waals surface area contributed by atoms with E-state index in [-0.39, 0.29) is 18.4 Å². The molecule has 0 unspecified atom stereocenters. The molecule has 1 N–H and O–H groups in total. The van der Waals surface area contributed by atoms with Crippen molar-refractivity contribution in [3.05, 3.63) is 65.2 Å². The van der Waals surface area contributed by atoms with E-state index in [0.29, 0.717) is 30.3 Å². The quantitative estimate of drug-likeness (QED) is 0.561. The maximum absolute atomic E-state index is 12.9. The predicted molar refractivity (Wildman–Crippen MR) is 116 cm³/mol. The number of unbranched alkanes of at least 4 members (excludes halogenated alkanes) is 1. The minimum atomic E-state index is -0.585. The zero-order valence-corrected chi connectivity index (χ0v) is 17.8. The number of para-hydroxylation sites is 1. The third-order valence-electron chi connectivity index (χ3n) is 4.67. The monoisotopic (exact) mass is 416 g/mol. The number of carbonyl (C=O) groups is 2. The van der Waals surface area contributed by atoms with E-state index < -0.39 is 6.04 Å². The first-order valence-electron chi connectivity index (χ1n) is 10.0. The van der Waals surface area contributed by atoms with E-state index in [1.807, 2.05) is 30.3 Å². The Labute approximate surface area is 178 Å². The zero-order valence-electron chi connectivity index (χ0n) is 17.1. The zero-order chi connectivity index (χ0) is 21.1. The lowest BCUT2D eigenvalue weighted by atomic mass is 10.1. The molecule has 0 aliphatic rings. The van der Waals surface area contributed by atoms with Gasteiger partial charge in [0.15, 0.2) is 6.61 Å². The van der Waals surface area contributed by atoms with Crippen molar-refractivity contribution in [2.24, 2.45) is 0 Å². The summed E-state index contributed by atoms with van der Waals surface area (Å²) < 4.78 is 5.61. The first-order chi connectivity index (χ1) is 14.0. The molecule has 0 aliphatic carbocycles. The molecule has 0 spiro atoms. The highest BCUT2D eigenvalue weighted by atomic mass is 35.5. The van der Waals surface area contributed by atoms with Crippen molar-refractivity contribution in [3.8, 4) is 5.75 Å². The molecule has 2 amide bonds. The van der Waals surface area contributed by atoms with Crippen molar-refractivity contribution >= 4 is 23.4 Å². The highest BCUT2D eigenvalue weighted by Gasteiger charge is 2.26. The first-order valence-corrected chi connectivity index (χ1v) is 10.4. The third kappa shape index (κ3) is 7.42. The summed E-state index contributed by atoms with van der Waals surface area (Å²) >= 11 is 6.10. The molecule has 5 nitrogen and oxygen atoms in total. The van der Waals surface area contributed by atoms with Crippen LogP contribution in [-0.2, 0) is 16.0 Å². The number of ether oxygens (including phenoxy) is 1. The van der Waals surface area contributed by atoms with Crippen LogP contribution in [-0.4, -0.2) is 42.5 Å². The summed E-state index contributed by atoms with van der Waals surface area (Å²) in [7, 11) is 0. The average Bonchev–Trinajstić information content (AvgIpc) is 2.74. The van der Waals surface area contributed by atoms with Crippen LogP contribution in [0.3, 0.4) is 0 Å². The standard InChI is InChI=1S/C23H29ClN2O3/c1-3-4-15-25-23(28)18(2)26(16-14-19-10-6-5-7-11-19)22(27)17-29-21-13-9-8-12-20(21)24/h5-13,18H,3-4,14-17H2,1-2H3,(H,25,28)/t18-/m1/s1. The molecule has 0 saturated carbocycles. The topological polar surface area (TPSA) is 58.6 Å². The van der Waals surface area contributed by atoms with Gasteiger partial charge in [0.25, 0.3) is 5.91 Å². The van der Waals surface area contributed by atoms with Crippen LogP contribution in [0.15, 0.2) is 54.6 Å². The predicted octanol–water partition coefficient (Wildman–Crippen LogP) is 4.09. The smallest absolute Gasteiger partial charge is 0.261 e. The van der Waals surface area contributed by atoms with Gasteiger partial charge in [-0.1, -0.05) is 67.4 Å². The van der Waals surface area contributed by atoms with Gasteiger partial charge in [-0.2, -0.15) is 0 Å². The molecule has 2 aromatic rings. The number of nitrogens with one attached hydrogen (secondary N) is 1. The highest BCUT2D eigenvalue weighted by molar-refractivity contribution is 6.32. The molecule has 2 rings (SSSR count). The van der Waals surface area contributed by atoms with Crippen molar-refractivity contribution in [2.75, 3.05) is 19.7 Å². The fourth-order valence-corrected chi connectivity index (χ4v) is 3.08. The Hall–Kier alpha value is -2.53. The molecule has 0 saturated heterocycles. The molecular formula is C23H29ClN2O3. The van der Waals surface area contributed by atoms with Gasteiger partial charge in [0.05, 0.1) is 5.02 Å². The Morgan fingerprint density at radius 2 is 1.79 bits per heavy atom. The number of nitrogens with zero attached hydrogens (tertiary/aromatic N) is 1. The number of benzene rings is 2. The summed E-state index contributed by atoms with van der Waals surface area (Å²) in [6, 6.07) is 16.3. The van der Waals surface area contributed by atoms with Crippen molar-refractivity contribution in [2.45, 2.75) is 39.2 Å². The molecule has 0 aliphatic heterocycles. The maximum atomic E-state index is 12.9. The second-order valence-corrected chi connectivity index (χ2v) is 7.27. The molecule has 6 heteroatoms. The SMILES string of the molecule is CCCCNC(=O)[C@@H](C)N(CCc1ccccc1)C(=O)COc1ccccc1Cl. The van der Waals surface area contributed by atoms with Crippen LogP contribution in [0.5, 0.6) is 5.75 Å². The second-order valence-electron chi connectivity index (χ2n) is 6.86. The van der Waals surface area contributed by atoms with Crippen molar-refractivity contribution in [3.63, 3.8) is 0 Å². The second kappa shape index (κ2) is 12.1. The van der Waals surface area contributed by atoms with Crippen LogP contribution in [0, 0.1) is 0 Å². The normalized spacial score (nSPS) is 11.6. The fraction of sp³-hybridized carbons (Fsp3) is 0.391. The number of hydrogen-bond acceptors (Lipinski definition) is 3. The van der Waals surface area contributed by atoms with Gasteiger partial charge >= 0.3 is 0 Å². The van der Waals surface area contributed by atoms with Gasteiger partial charge in [-0.3, -0.25) is 9.59 Å². The van der Waals surface area contributed by atoms with Gasteiger partial charge in [-0.25, -0.2) is 0 Å². The molecule has 1 atom stereocenters. The lowest BCUT2D eigenvalue weighted by Gasteiger charge is -2.28. The number of carbonyl (C=O) groups excluding carboxylic acids is 2. The van der Waals surface area contributed by atoms with Crippen LogP contribution in [0.2, 0.25) is 5.02 Å². The van der Waals surface area contributed by atoms with E-state index in [0.717, 1.165) is 18.4 Å². The van der Waals surface area contributed by atoms with Gasteiger partial charge in [0, 0.05) is 13.1 Å². The molecule has 0 radical (unpaired) electrons. The molecule has 0 bridgehead atoms. The fourth-order valence-electron chi connectivity index (χ4n) is 2.89. The summed E-state index contributed by atoms with van der Waals surface area (Å²) in [5, 5.41) is 3.35. The van der Waals surface area contributed by atoms with Gasteiger partial charge in [-0.05, 0) is 37.5 Å². The number of rotatable bonds is 11. The van der Waals surface area contributed by atoms with Gasteiger partial charge < -0.3 is 15.0 Å². The Morgan fingerprint density at radius 1 is 1.10 bits per heavy atom. The van der Waals surface area contributed by atoms with Crippen LogP contribution in [0.4, 0.5) is 0 Å². The van der Waals surface area contributed by atoms with E-state index >= 15 is 0 Å². The molecule has 29 heavy (non-hydrogen) atoms. The van der Waals surface area contributed by atoms with Crippen molar-refractivity contribution < 1.29 is 14.3 Å². The third-order valence-corrected chi connectivity index (χ3v) is 4.98. The Bertz CT molecular complexity index is 783. The average molecular weight is 417 g/mol. The lowest BCUT2D eigenvalue weighted by Crippen LogP contribution is -2.50. The van der Waals surface area contributed by atoms with Gasteiger partial charge in [-0.15, -0.1) is 0 Å². The van der Waals surface area contributed by atoms with Gasteiger partial charge in [0.2, 0.25) is 5.91 Å². The maximum Gasteiger partial charge on any atom is 0.261 e. The molecule has 0 fully saturated rings. The number of amides is 2. The van der Waals surface area contributed by atoms with Crippen molar-refractivity contribution in [1.29, 1.82) is 0 Å². The Kier molecular flexibility index (Phi) is 9.51. The summed E-state index contributed by atoms with van der Waals surface area (Å²) in [4.78, 5) is 27.0. The van der Waals surface area contributed by atoms with E-state index in [9.17, 15) is 9.59 Å². The van der Waals surface area contributed by atoms with E-state index in [1.54, 1.807) is 36.1 Å². The van der Waals surface area contributed by atoms with Crippen molar-refractivity contribution in [1.82, 2.24) is 10.2 Å². The molecular weight excluding hydrogens is 388 g/mol. The Balaban J connectivity index is 2.04. The number of halogens is 1. The lowest BCUT2D eigenvalue weighted by molar-refractivity contribution is -0.141. The summed E-state index contributed by atoms with van der Waals surface area (Å²) in [6.07, 6.45) is 2.56. The summed E-state index contributed by atoms with van der Waals surface area (Å²) in [5.41, 5.74) is 1.11. The van der Waals surface area contributed by atoms with Crippen LogP contribution in [0.1, 0.15) is 32.3 Å². The van der Waals surface area contributed by atoms with E-state index in [1.165, 1.54) is 0 Å². The molecule has 0 aromatic heterocycles. The van der Waals surface area contributed by atoms with E-state index in [4.69, 9.17) is 16.3 Å². The minimum Gasteiger partial charge on any atom is -0.482 e.